The van der Waals surface area contributed by atoms with Gasteiger partial charge in [0.1, 0.15) is 0 Å². The summed E-state index contributed by atoms with van der Waals surface area (Å²) in [5.41, 5.74) is 1.84. The molecular weight excluding hydrogens is 426 g/mol. The number of rotatable bonds is 10. The van der Waals surface area contributed by atoms with Gasteiger partial charge in [0, 0.05) is 18.2 Å². The zero-order chi connectivity index (χ0) is 22.3. The molecule has 0 saturated heterocycles. The zero-order valence-corrected chi connectivity index (χ0v) is 19.1. The summed E-state index contributed by atoms with van der Waals surface area (Å²) in [7, 11) is 3.24. The summed E-state index contributed by atoms with van der Waals surface area (Å²) in [5, 5.41) is 21.9. The molecule has 32 heavy (non-hydrogen) atoms. The lowest BCUT2D eigenvalue weighted by atomic mass is 10.2. The van der Waals surface area contributed by atoms with E-state index in [2.05, 4.69) is 32.6 Å². The predicted octanol–water partition coefficient (Wildman–Crippen LogP) is 4.03. The van der Waals surface area contributed by atoms with Crippen LogP contribution in [0, 0.1) is 0 Å². The molecule has 0 fully saturated rings. The molecular formula is C22H25N7O2S. The highest BCUT2D eigenvalue weighted by molar-refractivity contribution is 7.98. The molecule has 0 unspecified atom stereocenters. The minimum Gasteiger partial charge on any atom is -0.493 e. The molecule has 0 spiro atoms. The van der Waals surface area contributed by atoms with Crippen LogP contribution >= 0.6 is 11.8 Å². The maximum absolute atomic E-state index is 5.52. The minimum atomic E-state index is 0.580. The molecule has 0 aliphatic carbocycles. The van der Waals surface area contributed by atoms with Gasteiger partial charge >= 0.3 is 0 Å². The molecule has 2 aromatic heterocycles. The smallest absolute Gasteiger partial charge is 0.196 e. The van der Waals surface area contributed by atoms with Crippen molar-refractivity contribution in [2.24, 2.45) is 0 Å². The second kappa shape index (κ2) is 10.3. The van der Waals surface area contributed by atoms with Crippen LogP contribution in [0.4, 0.5) is 0 Å². The van der Waals surface area contributed by atoms with Crippen molar-refractivity contribution in [3.8, 4) is 28.6 Å². The Kier molecular flexibility index (Phi) is 7.00. The van der Waals surface area contributed by atoms with Crippen LogP contribution in [0.15, 0.2) is 53.7 Å². The molecule has 0 saturated carbocycles. The van der Waals surface area contributed by atoms with Gasteiger partial charge in [-0.15, -0.1) is 15.3 Å². The fourth-order valence-corrected chi connectivity index (χ4v) is 4.16. The lowest BCUT2D eigenvalue weighted by Gasteiger charge is -2.13. The number of methoxy groups -OCH3 is 2. The van der Waals surface area contributed by atoms with Crippen molar-refractivity contribution in [2.75, 3.05) is 14.2 Å². The second-order valence-electron chi connectivity index (χ2n) is 7.01. The van der Waals surface area contributed by atoms with Gasteiger partial charge in [0.2, 0.25) is 0 Å². The highest BCUT2D eigenvalue weighted by Crippen LogP contribution is 2.34. The van der Waals surface area contributed by atoms with E-state index in [9.17, 15) is 0 Å². The number of aryl methyl sites for hydroxylation is 1. The molecule has 0 bridgehead atoms. The number of unbranched alkanes of at least 4 members (excludes halogenated alkanes) is 1. The van der Waals surface area contributed by atoms with Gasteiger partial charge in [-0.05, 0) is 29.0 Å². The molecule has 0 N–H and O–H groups in total. The molecule has 9 nitrogen and oxygen atoms in total. The van der Waals surface area contributed by atoms with Gasteiger partial charge in [-0.25, -0.2) is 4.68 Å². The van der Waals surface area contributed by atoms with Crippen LogP contribution in [0.3, 0.4) is 0 Å². The SMILES string of the molecule is CCCCn1nnnc1CSc1nnc(-c2ccccc2)n1-c1ccc(OC)c(OC)c1. The van der Waals surface area contributed by atoms with E-state index in [1.54, 1.807) is 26.0 Å². The molecule has 0 atom stereocenters. The molecule has 2 heterocycles. The van der Waals surface area contributed by atoms with E-state index < -0.39 is 0 Å². The van der Waals surface area contributed by atoms with Crippen LogP contribution in [0.1, 0.15) is 25.6 Å². The topological polar surface area (TPSA) is 92.8 Å². The van der Waals surface area contributed by atoms with Crippen molar-refractivity contribution in [3.05, 3.63) is 54.4 Å². The third-order valence-electron chi connectivity index (χ3n) is 4.95. The minimum absolute atomic E-state index is 0.580. The lowest BCUT2D eigenvalue weighted by molar-refractivity contribution is 0.355. The zero-order valence-electron chi connectivity index (χ0n) is 18.3. The molecule has 4 aromatic rings. The summed E-state index contributed by atoms with van der Waals surface area (Å²) in [6.07, 6.45) is 2.11. The molecule has 166 valence electrons. The van der Waals surface area contributed by atoms with Gasteiger partial charge in [0.05, 0.1) is 25.7 Å². The monoisotopic (exact) mass is 451 g/mol. The largest absolute Gasteiger partial charge is 0.493 e. The van der Waals surface area contributed by atoms with E-state index in [0.29, 0.717) is 17.3 Å². The van der Waals surface area contributed by atoms with E-state index in [1.807, 2.05) is 57.8 Å². The Balaban J connectivity index is 1.71. The normalized spacial score (nSPS) is 11.0. The average Bonchev–Trinajstić information content (AvgIpc) is 3.48. The van der Waals surface area contributed by atoms with E-state index >= 15 is 0 Å². The standard InChI is InChI=1S/C22H25N7O2S/c1-4-5-13-28-20(23-26-27-28)15-32-22-25-24-21(16-9-7-6-8-10-16)29(22)17-11-12-18(30-2)19(14-17)31-3/h6-12,14H,4-5,13,15H2,1-3H3. The van der Waals surface area contributed by atoms with Gasteiger partial charge < -0.3 is 9.47 Å². The molecule has 2 aromatic carbocycles. The summed E-state index contributed by atoms with van der Waals surface area (Å²) < 4.78 is 14.8. The molecule has 0 radical (unpaired) electrons. The highest BCUT2D eigenvalue weighted by Gasteiger charge is 2.19. The number of thioether (sulfide) groups is 1. The Morgan fingerprint density at radius 1 is 0.938 bits per heavy atom. The summed E-state index contributed by atoms with van der Waals surface area (Å²) in [6.45, 7) is 2.95. The van der Waals surface area contributed by atoms with Crippen molar-refractivity contribution in [3.63, 3.8) is 0 Å². The average molecular weight is 452 g/mol. The Labute approximate surface area is 190 Å². The Hall–Kier alpha value is -3.40. The van der Waals surface area contributed by atoms with Crippen LogP contribution in [0.2, 0.25) is 0 Å². The first kappa shape index (κ1) is 21.8. The van der Waals surface area contributed by atoms with Crippen LogP contribution in [-0.4, -0.2) is 49.2 Å². The van der Waals surface area contributed by atoms with Crippen LogP contribution in [0.5, 0.6) is 11.5 Å². The van der Waals surface area contributed by atoms with Crippen molar-refractivity contribution >= 4 is 11.8 Å². The third-order valence-corrected chi connectivity index (χ3v) is 5.88. The van der Waals surface area contributed by atoms with Gasteiger partial charge in [-0.2, -0.15) is 0 Å². The van der Waals surface area contributed by atoms with E-state index in [4.69, 9.17) is 9.47 Å². The Morgan fingerprint density at radius 2 is 1.75 bits per heavy atom. The van der Waals surface area contributed by atoms with Crippen molar-refractivity contribution in [1.29, 1.82) is 0 Å². The van der Waals surface area contributed by atoms with Crippen LogP contribution in [-0.2, 0) is 12.3 Å². The molecule has 0 amide bonds. The van der Waals surface area contributed by atoms with Crippen molar-refractivity contribution in [1.82, 2.24) is 35.0 Å². The molecule has 0 aliphatic heterocycles. The fraction of sp³-hybridized carbons (Fsp3) is 0.318. The lowest BCUT2D eigenvalue weighted by Crippen LogP contribution is -2.06. The summed E-state index contributed by atoms with van der Waals surface area (Å²) >= 11 is 1.54. The number of tetrazole rings is 1. The van der Waals surface area contributed by atoms with Gasteiger partial charge in [-0.1, -0.05) is 55.4 Å². The quantitative estimate of drug-likeness (QED) is 0.334. The van der Waals surface area contributed by atoms with Crippen LogP contribution < -0.4 is 9.47 Å². The third kappa shape index (κ3) is 4.59. The molecule has 10 heteroatoms. The maximum Gasteiger partial charge on any atom is 0.196 e. The summed E-state index contributed by atoms with van der Waals surface area (Å²) in [5.74, 6) is 3.43. The summed E-state index contributed by atoms with van der Waals surface area (Å²) in [6, 6.07) is 15.7. The Bertz CT molecular complexity index is 1160. The second-order valence-corrected chi connectivity index (χ2v) is 7.95. The number of hydrogen-bond donors (Lipinski definition) is 0. The van der Waals surface area contributed by atoms with E-state index in [-0.39, 0.29) is 0 Å². The first-order valence-electron chi connectivity index (χ1n) is 10.4. The fourth-order valence-electron chi connectivity index (χ4n) is 3.27. The van der Waals surface area contributed by atoms with E-state index in [0.717, 1.165) is 47.4 Å². The first-order chi connectivity index (χ1) is 15.7. The number of nitrogens with zero attached hydrogens (tertiary/aromatic N) is 7. The van der Waals surface area contributed by atoms with Gasteiger partial charge in [0.15, 0.2) is 28.3 Å². The van der Waals surface area contributed by atoms with Gasteiger partial charge in [0.25, 0.3) is 0 Å². The molecule has 0 aliphatic rings. The summed E-state index contributed by atoms with van der Waals surface area (Å²) in [4.78, 5) is 0. The number of benzene rings is 2. The number of ether oxygens (including phenoxy) is 2. The van der Waals surface area contributed by atoms with Crippen molar-refractivity contribution in [2.45, 2.75) is 37.2 Å². The first-order valence-corrected chi connectivity index (χ1v) is 11.3. The maximum atomic E-state index is 5.52. The van der Waals surface area contributed by atoms with Gasteiger partial charge in [-0.3, -0.25) is 4.57 Å². The highest BCUT2D eigenvalue weighted by atomic mass is 32.2. The predicted molar refractivity (Wildman–Crippen MR) is 122 cm³/mol. The Morgan fingerprint density at radius 3 is 2.50 bits per heavy atom. The number of aromatic nitrogens is 7. The van der Waals surface area contributed by atoms with Crippen LogP contribution in [0.25, 0.3) is 17.1 Å². The van der Waals surface area contributed by atoms with E-state index in [1.165, 1.54) is 0 Å². The number of hydrogen-bond acceptors (Lipinski definition) is 8. The molecule has 4 rings (SSSR count). The van der Waals surface area contributed by atoms with Crippen molar-refractivity contribution < 1.29 is 9.47 Å².